The molecule has 0 aromatic rings. The average Bonchev–Trinajstić information content (AvgIpc) is 1.64. The fourth-order valence-electron chi connectivity index (χ4n) is 15.7. The molecule has 0 spiro atoms. The SMILES string of the molecule is C=C1CC(C(C)C)CCO1.C=C1CC(C(C)C)CO1.C=C1CCC(C(C)C)CO1.C=C1CCC(C(C)C)O1.C=C1OCC(C(C)C)O1.C=S1(=O)CCC(C(C)C)C1.CC(C)C1CCCC(=O)O1.CC(C)C1CCCC1=O.CC(C)C1CCCO1.CC(C)C1CCCOC1=O.CC(C)C1CCCS1(=O)=O.CC(C)C1COCCO1.CC(C)C1OCCO1.CC(C)S(C)(=O)=O.COCCC(C)C. The van der Waals surface area contributed by atoms with Crippen molar-refractivity contribution >= 4 is 52.8 Å². The first kappa shape index (κ1) is 133. The van der Waals surface area contributed by atoms with Crippen LogP contribution in [0, 0.1) is 118 Å². The van der Waals surface area contributed by atoms with Crippen LogP contribution in [0.2, 0.25) is 0 Å². The van der Waals surface area contributed by atoms with E-state index in [1.54, 1.807) is 21.0 Å². The Bertz CT molecular complexity index is 3370. The zero-order valence-electron chi connectivity index (χ0n) is 92.1. The first-order valence-electron chi connectivity index (χ1n) is 52.2. The van der Waals surface area contributed by atoms with E-state index < -0.39 is 29.2 Å². The highest BCUT2D eigenvalue weighted by molar-refractivity contribution is 8.00. The topological polar surface area (TPSA) is 266 Å². The number of cyclic esters (lactones) is 2. The van der Waals surface area contributed by atoms with Crippen molar-refractivity contribution in [2.75, 3.05) is 110 Å². The van der Waals surface area contributed by atoms with E-state index in [1.807, 2.05) is 13.8 Å². The Morgan fingerprint density at radius 3 is 1.13 bits per heavy atom. The molecule has 1 aliphatic carbocycles. The summed E-state index contributed by atoms with van der Waals surface area (Å²) in [6.45, 7) is 92.0. The Morgan fingerprint density at radius 2 is 0.867 bits per heavy atom. The lowest BCUT2D eigenvalue weighted by Gasteiger charge is -2.26. The van der Waals surface area contributed by atoms with E-state index in [2.05, 4.69) is 219 Å². The van der Waals surface area contributed by atoms with E-state index in [9.17, 15) is 35.4 Å². The van der Waals surface area contributed by atoms with Crippen molar-refractivity contribution < 1.29 is 102 Å². The highest BCUT2D eigenvalue weighted by atomic mass is 32.2. The lowest BCUT2D eigenvalue weighted by Crippen LogP contribution is -2.32. The van der Waals surface area contributed by atoms with Gasteiger partial charge in [-0.25, -0.2) is 16.8 Å². The smallest absolute Gasteiger partial charge is 0.309 e. The van der Waals surface area contributed by atoms with Gasteiger partial charge in [0, 0.05) is 94.4 Å². The molecule has 25 heteroatoms. The van der Waals surface area contributed by atoms with Crippen molar-refractivity contribution in [2.45, 2.75) is 390 Å². The fraction of sp³-hybridized carbons (Fsp3) is 0.873. The minimum absolute atomic E-state index is 0.00116. The third-order valence-corrected chi connectivity index (χ3v) is 32.6. The highest BCUT2D eigenvalue weighted by Gasteiger charge is 2.35. The fourth-order valence-corrected chi connectivity index (χ4v) is 20.2. The standard InChI is InChI=1S/2C9H16O.2C8H14O2.C8H16OS.3C8H14O.C7H14O2S.C7H12O2.C7H14O2.C7H14O.C6H12O2.C6H14O.C4H10O2S/c1-7(2)9-4-5-10-8(3)6-9;1-7(2)9-5-4-8(3)10-6-9;1-6(2)7-4-3-5-10-8(7)9;1-6(2)7-4-3-5-8(9)10-7;1-7(2)8-4-5-10(3,9)6-8;1-6(2)8-4-7(3)9-5-8;1-6(2)8-5-4-7(3)9-8;1-6(2)7-4-3-5-8(7)9;1-6(2)7-4-3-5-10(7,8)9;1-5(2)7-4-8-6(3)9-7;1-6(2)7-5-8-3-4-9-7;1-6(2)7-4-3-5-8-7;1-5(2)6-7-3-4-8-6;1-6(2)4-5-7-3;1-4(2)7(3,5)6/h2*7,9H,3-6H2,1-2H3;2*6-7H,3-5H2,1-2H3;7-8H,3-6H2,1-2H3;2*6,8H,3-5H2,1-2H3;6-7H,3-5H2,1-2H3;6-7H,3-5H2,1-2H3;5,7H,3-4H2,1-2H3;6-7H,3-5H2,1-2H3;6-7H,3-5H2,1-2H3;5-6H,3-4H2,1-2H3;6H,4-5H2,1-3H3;4H,1-3H3. The van der Waals surface area contributed by atoms with Crippen molar-refractivity contribution in [1.82, 2.24) is 0 Å². The third kappa shape index (κ3) is 64.1. The Hall–Kier alpha value is -4.21. The Labute approximate surface area is 829 Å². The van der Waals surface area contributed by atoms with E-state index in [4.69, 9.17) is 66.3 Å². The minimum Gasteiger partial charge on any atom is -0.499 e. The first-order chi connectivity index (χ1) is 62.8. The number of esters is 2. The number of hydrogen-bond donors (Lipinski definition) is 0. The molecule has 13 fully saturated rings. The highest BCUT2D eigenvalue weighted by Crippen LogP contribution is 2.34. The molecule has 13 atom stereocenters. The second kappa shape index (κ2) is 72.9. The number of carbonyl (C=O) groups excluding carboxylic acids is 3. The van der Waals surface area contributed by atoms with Gasteiger partial charge in [0.25, 0.3) is 5.95 Å². The number of Topliss-reactive ketones (excluding diaryl/α,β-unsaturated/α-hetero) is 1. The maximum absolute atomic E-state index is 11.4. The molecule has 12 heterocycles. The predicted octanol–water partition coefficient (Wildman–Crippen LogP) is 25.2. The summed E-state index contributed by atoms with van der Waals surface area (Å²) in [5, 5.41) is -0.278. The Kier molecular flexibility index (Phi) is 71.8. The molecule has 0 radical (unpaired) electrons. The number of ether oxygens (including phenoxy) is 14. The van der Waals surface area contributed by atoms with Crippen LogP contribution in [0.5, 0.6) is 0 Å². The van der Waals surface area contributed by atoms with Crippen LogP contribution >= 0.6 is 0 Å². The normalized spacial score (nSPS) is 26.7. The minimum atomic E-state index is -2.74. The second-order valence-corrected chi connectivity index (χ2v) is 51.4. The number of hydrogen-bond acceptors (Lipinski definition) is 22. The molecule has 13 unspecified atom stereocenters. The van der Waals surface area contributed by atoms with E-state index in [0.29, 0.717) is 121 Å². The summed E-state index contributed by atoms with van der Waals surface area (Å²) in [5.41, 5.74) is 0. The Morgan fingerprint density at radius 1 is 0.378 bits per heavy atom. The number of allylic oxidation sites excluding steroid dienone is 4. The molecule has 135 heavy (non-hydrogen) atoms. The predicted molar refractivity (Wildman–Crippen MR) is 561 cm³/mol. The monoisotopic (exact) mass is 1980 g/mol. The quantitative estimate of drug-likeness (QED) is 0.0967. The summed E-state index contributed by atoms with van der Waals surface area (Å²) in [4.78, 5) is 32.8. The van der Waals surface area contributed by atoms with Crippen molar-refractivity contribution in [2.24, 2.45) is 118 Å². The maximum Gasteiger partial charge on any atom is 0.309 e. The van der Waals surface area contributed by atoms with Gasteiger partial charge in [0.05, 0.1) is 117 Å². The van der Waals surface area contributed by atoms with Gasteiger partial charge >= 0.3 is 11.9 Å². The van der Waals surface area contributed by atoms with Gasteiger partial charge in [-0.3, -0.25) is 18.6 Å². The zero-order valence-corrected chi connectivity index (χ0v) is 94.5. The molecule has 13 rings (SSSR count). The molecule has 13 aliphatic rings. The van der Waals surface area contributed by atoms with Crippen molar-refractivity contribution in [3.8, 4) is 0 Å². The van der Waals surface area contributed by atoms with Gasteiger partial charge in [-0.15, -0.1) is 0 Å². The van der Waals surface area contributed by atoms with Crippen LogP contribution in [0.25, 0.3) is 0 Å². The summed E-state index contributed by atoms with van der Waals surface area (Å²) in [7, 11) is -5.33. The first-order valence-corrected chi connectivity index (χ1v) is 57.9. The van der Waals surface area contributed by atoms with Crippen LogP contribution < -0.4 is 0 Å². The summed E-state index contributed by atoms with van der Waals surface area (Å²) in [6.07, 6.45) is 25.3. The zero-order chi connectivity index (χ0) is 104. The number of rotatable bonds is 17. The lowest BCUT2D eigenvalue weighted by molar-refractivity contribution is -0.156. The van der Waals surface area contributed by atoms with Crippen LogP contribution in [0.3, 0.4) is 0 Å². The molecular formula is C110H208O22S3. The average molecular weight is 1980 g/mol. The molecule has 0 aromatic heterocycles. The summed E-state index contributed by atoms with van der Waals surface area (Å²) in [6, 6.07) is 0. The summed E-state index contributed by atoms with van der Waals surface area (Å²) < 4.78 is 127. The summed E-state index contributed by atoms with van der Waals surface area (Å²) >= 11 is 0. The molecule has 12 aliphatic heterocycles. The van der Waals surface area contributed by atoms with Gasteiger partial charge in [-0.05, 0) is 227 Å². The number of ketones is 1. The van der Waals surface area contributed by atoms with Crippen LogP contribution in [0.15, 0.2) is 61.9 Å². The molecule has 12 saturated heterocycles. The van der Waals surface area contributed by atoms with E-state index in [1.165, 1.54) is 38.4 Å². The van der Waals surface area contributed by atoms with Crippen molar-refractivity contribution in [3.63, 3.8) is 0 Å². The molecule has 0 aromatic carbocycles. The largest absolute Gasteiger partial charge is 0.499 e. The van der Waals surface area contributed by atoms with Gasteiger partial charge in [-0.2, -0.15) is 0 Å². The van der Waals surface area contributed by atoms with E-state index >= 15 is 0 Å². The van der Waals surface area contributed by atoms with Crippen LogP contribution in [-0.4, -0.2) is 202 Å². The van der Waals surface area contributed by atoms with Crippen LogP contribution in [0.4, 0.5) is 0 Å². The van der Waals surface area contributed by atoms with E-state index in [0.717, 1.165) is 244 Å². The van der Waals surface area contributed by atoms with Crippen LogP contribution in [0.1, 0.15) is 343 Å². The molecule has 22 nitrogen and oxygen atoms in total. The van der Waals surface area contributed by atoms with Crippen molar-refractivity contribution in [3.05, 3.63) is 61.9 Å². The van der Waals surface area contributed by atoms with Crippen molar-refractivity contribution in [1.29, 1.82) is 0 Å². The number of carbonyl (C=O) groups is 3. The molecule has 1 saturated carbocycles. The summed E-state index contributed by atoms with van der Waals surface area (Å²) in [5.74, 6) is 22.7. The molecule has 0 N–H and O–H groups in total. The van der Waals surface area contributed by atoms with Gasteiger partial charge in [0.1, 0.15) is 40.5 Å². The van der Waals surface area contributed by atoms with E-state index in [-0.39, 0.29) is 46.9 Å². The molecule has 0 amide bonds. The van der Waals surface area contributed by atoms with Gasteiger partial charge in [0.15, 0.2) is 16.1 Å². The molecule has 0 bridgehead atoms. The van der Waals surface area contributed by atoms with Gasteiger partial charge in [0.2, 0.25) is 0 Å². The molecule has 798 valence electrons. The second-order valence-electron chi connectivity index (χ2n) is 43.8. The number of sulfone groups is 2. The van der Waals surface area contributed by atoms with Gasteiger partial charge < -0.3 is 66.3 Å². The maximum atomic E-state index is 11.4. The van der Waals surface area contributed by atoms with Crippen LogP contribution in [-0.2, 0) is 110 Å². The molecular weight excluding hydrogens is 1770 g/mol. The van der Waals surface area contributed by atoms with Gasteiger partial charge in [-0.1, -0.05) is 220 Å². The number of methoxy groups -OCH3 is 1. The lowest BCUT2D eigenvalue weighted by atomic mass is 9.88. The Balaban J connectivity index is 0. The third-order valence-electron chi connectivity index (χ3n) is 26.4.